The second-order valence-corrected chi connectivity index (χ2v) is 10.5. The van der Waals surface area contributed by atoms with Crippen LogP contribution in [-0.2, 0) is 9.53 Å². The maximum absolute atomic E-state index is 12.3. The predicted molar refractivity (Wildman–Crippen MR) is 165 cm³/mol. The van der Waals surface area contributed by atoms with Gasteiger partial charge in [-0.2, -0.15) is 0 Å². The Morgan fingerprint density at radius 2 is 1.83 bits per heavy atom. The van der Waals surface area contributed by atoms with Crippen LogP contribution in [0.2, 0.25) is 0 Å². The number of ether oxygens (including phenoxy) is 1. The van der Waals surface area contributed by atoms with Crippen LogP contribution in [0, 0.1) is 20.8 Å². The van der Waals surface area contributed by atoms with Gasteiger partial charge in [0, 0.05) is 41.1 Å². The van der Waals surface area contributed by atoms with Gasteiger partial charge in [0.2, 0.25) is 5.91 Å². The number of esters is 1. The van der Waals surface area contributed by atoms with Gasteiger partial charge in [-0.25, -0.2) is 4.79 Å². The van der Waals surface area contributed by atoms with Crippen LogP contribution in [0.4, 0.5) is 11.4 Å². The summed E-state index contributed by atoms with van der Waals surface area (Å²) in [7, 11) is 1.38. The van der Waals surface area contributed by atoms with Crippen LogP contribution in [0.1, 0.15) is 64.0 Å². The number of anilines is 2. The Labute approximate surface area is 245 Å². The van der Waals surface area contributed by atoms with E-state index in [0.29, 0.717) is 17.1 Å². The van der Waals surface area contributed by atoms with E-state index >= 15 is 0 Å². The van der Waals surface area contributed by atoms with E-state index in [0.717, 1.165) is 45.3 Å². The number of aromatic nitrogens is 2. The van der Waals surface area contributed by atoms with Gasteiger partial charge in [-0.3, -0.25) is 9.78 Å². The lowest BCUT2D eigenvalue weighted by Gasteiger charge is -2.29. The Morgan fingerprint density at radius 3 is 2.51 bits per heavy atom. The molecule has 2 aromatic carbocycles. The van der Waals surface area contributed by atoms with Crippen LogP contribution >= 0.6 is 12.2 Å². The van der Waals surface area contributed by atoms with Crippen molar-refractivity contribution >= 4 is 40.6 Å². The number of thiocarbonyl (C=S) groups is 1. The van der Waals surface area contributed by atoms with E-state index in [4.69, 9.17) is 17.0 Å². The number of carbonyl (C=O) groups is 2. The Kier molecular flexibility index (Phi) is 7.90. The number of amides is 1. The van der Waals surface area contributed by atoms with Gasteiger partial charge < -0.3 is 24.8 Å². The summed E-state index contributed by atoms with van der Waals surface area (Å²) in [5.74, 6) is -0.411. The molecule has 0 spiro atoms. The van der Waals surface area contributed by atoms with Crippen LogP contribution in [0.3, 0.4) is 0 Å². The van der Waals surface area contributed by atoms with E-state index in [-0.39, 0.29) is 24.0 Å². The van der Waals surface area contributed by atoms with E-state index < -0.39 is 0 Å². The van der Waals surface area contributed by atoms with Crippen LogP contribution < -0.4 is 15.5 Å². The van der Waals surface area contributed by atoms with E-state index in [2.05, 4.69) is 45.0 Å². The molecule has 0 radical (unpaired) electrons. The number of benzene rings is 2. The lowest BCUT2D eigenvalue weighted by atomic mass is 9.96. The minimum Gasteiger partial charge on any atom is -0.465 e. The molecule has 0 saturated carbocycles. The molecule has 1 aliphatic heterocycles. The van der Waals surface area contributed by atoms with Crippen molar-refractivity contribution < 1.29 is 14.3 Å². The highest BCUT2D eigenvalue weighted by atomic mass is 32.1. The molecule has 0 aliphatic carbocycles. The van der Waals surface area contributed by atoms with Crippen molar-refractivity contribution in [1.29, 1.82) is 0 Å². The third-order valence-corrected chi connectivity index (χ3v) is 7.81. The number of methoxy groups -OCH3 is 1. The maximum Gasteiger partial charge on any atom is 0.337 e. The van der Waals surface area contributed by atoms with Crippen molar-refractivity contribution in [1.82, 2.24) is 14.9 Å². The van der Waals surface area contributed by atoms with Crippen molar-refractivity contribution in [2.75, 3.05) is 17.3 Å². The summed E-state index contributed by atoms with van der Waals surface area (Å²) < 4.78 is 7.09. The first-order valence-corrected chi connectivity index (χ1v) is 13.9. The summed E-state index contributed by atoms with van der Waals surface area (Å²) in [6.07, 6.45) is 2.20. The van der Waals surface area contributed by atoms with Crippen molar-refractivity contribution in [2.45, 2.75) is 46.2 Å². The fourth-order valence-electron chi connectivity index (χ4n) is 5.50. The quantitative estimate of drug-likeness (QED) is 0.206. The average Bonchev–Trinajstić information content (AvgIpc) is 3.48. The highest BCUT2D eigenvalue weighted by Crippen LogP contribution is 2.44. The van der Waals surface area contributed by atoms with Crippen molar-refractivity contribution in [3.8, 4) is 5.69 Å². The first-order valence-electron chi connectivity index (χ1n) is 13.5. The normalized spacial score (nSPS) is 16.4. The zero-order valence-corrected chi connectivity index (χ0v) is 24.6. The van der Waals surface area contributed by atoms with E-state index in [1.54, 1.807) is 12.3 Å². The molecule has 3 heterocycles. The van der Waals surface area contributed by atoms with Crippen LogP contribution in [-0.4, -0.2) is 33.6 Å². The second-order valence-electron chi connectivity index (χ2n) is 10.1. The topological polar surface area (TPSA) is 88.5 Å². The molecule has 41 heavy (non-hydrogen) atoms. The van der Waals surface area contributed by atoms with Crippen LogP contribution in [0.25, 0.3) is 5.69 Å². The zero-order valence-electron chi connectivity index (χ0n) is 23.8. The first-order chi connectivity index (χ1) is 19.7. The lowest BCUT2D eigenvalue weighted by Crippen LogP contribution is -2.29. The van der Waals surface area contributed by atoms with Gasteiger partial charge in [0.1, 0.15) is 0 Å². The molecule has 1 fully saturated rings. The second kappa shape index (κ2) is 11.5. The largest absolute Gasteiger partial charge is 0.465 e. The molecule has 4 aromatic rings. The number of rotatable bonds is 7. The molecule has 2 atom stereocenters. The number of pyridine rings is 1. The smallest absolute Gasteiger partial charge is 0.337 e. The van der Waals surface area contributed by atoms with Crippen LogP contribution in [0.15, 0.2) is 72.9 Å². The predicted octanol–water partition coefficient (Wildman–Crippen LogP) is 6.11. The summed E-state index contributed by atoms with van der Waals surface area (Å²) >= 11 is 5.94. The Hall–Kier alpha value is -4.50. The van der Waals surface area contributed by atoms with E-state index in [1.807, 2.05) is 68.4 Å². The molecule has 1 saturated heterocycles. The fourth-order valence-corrected chi connectivity index (χ4v) is 5.85. The number of hydrogen-bond donors (Lipinski definition) is 2. The third-order valence-electron chi connectivity index (χ3n) is 7.50. The Morgan fingerprint density at radius 1 is 1.02 bits per heavy atom. The summed E-state index contributed by atoms with van der Waals surface area (Å²) in [5.41, 5.74) is 7.99. The molecule has 1 aliphatic rings. The van der Waals surface area contributed by atoms with Gasteiger partial charge in [0.15, 0.2) is 5.11 Å². The first kappa shape index (κ1) is 28.0. The fraction of sp³-hybridized carbons (Fsp3) is 0.250. The van der Waals surface area contributed by atoms with Gasteiger partial charge in [-0.15, -0.1) is 0 Å². The highest BCUT2D eigenvalue weighted by molar-refractivity contribution is 7.80. The molecule has 8 nitrogen and oxygen atoms in total. The molecular formula is C32H33N5O3S. The number of nitrogens with zero attached hydrogens (tertiary/aromatic N) is 3. The molecular weight excluding hydrogens is 534 g/mol. The Bertz CT molecular complexity index is 1630. The summed E-state index contributed by atoms with van der Waals surface area (Å²) in [5, 5.41) is 7.08. The highest BCUT2D eigenvalue weighted by Gasteiger charge is 2.42. The summed E-state index contributed by atoms with van der Waals surface area (Å²) in [6, 6.07) is 21.0. The lowest BCUT2D eigenvalue weighted by molar-refractivity contribution is -0.115. The molecule has 2 aromatic heterocycles. The molecule has 0 unspecified atom stereocenters. The van der Waals surface area contributed by atoms with Crippen molar-refractivity contribution in [3.63, 3.8) is 0 Å². The van der Waals surface area contributed by atoms with Gasteiger partial charge >= 0.3 is 5.97 Å². The van der Waals surface area contributed by atoms with E-state index in [9.17, 15) is 9.59 Å². The standard InChI is InChI=1S/C32H33N5O3S/c1-6-28(38)34-26-14-13-24(16-19(26)2)37-30(29(35-32(37)41)27-12-7-8-15-33-27)25-17-20(3)36(21(25)4)23-11-9-10-22(18-23)31(39)40-5/h7-18,29-30H,6H2,1-5H3,(H,34,38)(H,35,41)/t29-,30-/m0/s1. The molecule has 2 N–H and O–H groups in total. The Balaban J connectivity index is 1.63. The van der Waals surface area contributed by atoms with Crippen LogP contribution in [0.5, 0.6) is 0 Å². The number of aryl methyl sites for hydroxylation is 2. The van der Waals surface area contributed by atoms with Crippen molar-refractivity contribution in [2.24, 2.45) is 0 Å². The molecule has 9 heteroatoms. The minimum absolute atomic E-state index is 0.0315. The maximum atomic E-state index is 12.3. The average molecular weight is 568 g/mol. The summed E-state index contributed by atoms with van der Waals surface area (Å²) in [4.78, 5) is 31.1. The van der Waals surface area contributed by atoms with Gasteiger partial charge in [-0.1, -0.05) is 19.1 Å². The number of nitrogens with one attached hydrogen (secondary N) is 2. The van der Waals surface area contributed by atoms with Crippen molar-refractivity contribution in [3.05, 3.63) is 107 Å². The third kappa shape index (κ3) is 5.32. The van der Waals surface area contributed by atoms with Gasteiger partial charge in [-0.05, 0) is 98.7 Å². The van der Waals surface area contributed by atoms with Gasteiger partial charge in [0.05, 0.1) is 30.5 Å². The molecule has 1 amide bonds. The number of hydrogen-bond acceptors (Lipinski definition) is 5. The molecule has 5 rings (SSSR count). The molecule has 0 bridgehead atoms. The van der Waals surface area contributed by atoms with E-state index in [1.165, 1.54) is 7.11 Å². The zero-order chi connectivity index (χ0) is 29.3. The minimum atomic E-state index is -0.379. The summed E-state index contributed by atoms with van der Waals surface area (Å²) in [6.45, 7) is 7.94. The SMILES string of the molecule is CCC(=O)Nc1ccc(N2C(=S)N[C@@H](c3ccccn3)[C@@H]2c2cc(C)n(-c3cccc(C(=O)OC)c3)c2C)cc1C. The molecule has 210 valence electrons. The van der Waals surface area contributed by atoms with Gasteiger partial charge in [0.25, 0.3) is 0 Å². The monoisotopic (exact) mass is 567 g/mol. The number of carbonyl (C=O) groups excluding carboxylic acids is 2.